The molecule has 1 saturated heterocycles. The Kier molecular flexibility index (Phi) is 6.02. The van der Waals surface area contributed by atoms with E-state index in [9.17, 15) is 4.79 Å². The highest BCUT2D eigenvalue weighted by atomic mass is 16.5. The first kappa shape index (κ1) is 15.0. The number of carbonyl (C=O) groups excluding carboxylic acids is 1. The average Bonchev–Trinajstić information content (AvgIpc) is 3.00. The Morgan fingerprint density at radius 2 is 1.95 bits per heavy atom. The number of rotatable bonds is 7. The molecule has 0 radical (unpaired) electrons. The van der Waals surface area contributed by atoms with Crippen molar-refractivity contribution < 1.29 is 9.53 Å². The van der Waals surface area contributed by atoms with Crippen molar-refractivity contribution in [1.29, 1.82) is 0 Å². The van der Waals surface area contributed by atoms with Gasteiger partial charge in [-0.1, -0.05) is 30.3 Å². The number of methoxy groups -OCH3 is 1. The summed E-state index contributed by atoms with van der Waals surface area (Å²) in [5, 5.41) is 0. The van der Waals surface area contributed by atoms with Crippen LogP contribution in [0.15, 0.2) is 30.3 Å². The number of carbonyl (C=O) groups is 1. The van der Waals surface area contributed by atoms with E-state index in [0.717, 1.165) is 39.0 Å². The molecular weight excluding hydrogens is 252 g/mol. The van der Waals surface area contributed by atoms with Gasteiger partial charge in [0.25, 0.3) is 0 Å². The summed E-state index contributed by atoms with van der Waals surface area (Å²) in [7, 11) is 1.70. The summed E-state index contributed by atoms with van der Waals surface area (Å²) in [5.74, 6) is 0.245. The first-order chi connectivity index (χ1) is 9.79. The smallest absolute Gasteiger partial charge is 0.236 e. The molecule has 0 unspecified atom stereocenters. The summed E-state index contributed by atoms with van der Waals surface area (Å²) in [5.41, 5.74) is 1.23. The van der Waals surface area contributed by atoms with Gasteiger partial charge < -0.3 is 9.64 Å². The Morgan fingerprint density at radius 1 is 1.25 bits per heavy atom. The van der Waals surface area contributed by atoms with Crippen molar-refractivity contribution in [3.8, 4) is 0 Å². The topological polar surface area (TPSA) is 32.8 Å². The van der Waals surface area contributed by atoms with E-state index in [1.54, 1.807) is 7.11 Å². The summed E-state index contributed by atoms with van der Waals surface area (Å²) in [4.78, 5) is 16.4. The van der Waals surface area contributed by atoms with E-state index in [1.807, 2.05) is 23.1 Å². The van der Waals surface area contributed by atoms with Gasteiger partial charge in [0, 0.05) is 33.3 Å². The van der Waals surface area contributed by atoms with E-state index in [0.29, 0.717) is 13.2 Å². The second-order valence-corrected chi connectivity index (χ2v) is 5.28. The number of hydrogen-bond donors (Lipinski definition) is 0. The fourth-order valence-electron chi connectivity index (χ4n) is 2.53. The third-order valence-corrected chi connectivity index (χ3v) is 3.68. The normalized spacial score (nSPS) is 15.0. The zero-order valence-electron chi connectivity index (χ0n) is 12.3. The van der Waals surface area contributed by atoms with Crippen molar-refractivity contribution in [3.05, 3.63) is 35.9 Å². The lowest BCUT2D eigenvalue weighted by atomic mass is 10.2. The molecule has 0 N–H and O–H groups in total. The predicted octanol–water partition coefficient (Wildman–Crippen LogP) is 1.76. The highest BCUT2D eigenvalue weighted by Crippen LogP contribution is 2.10. The molecule has 0 aromatic heterocycles. The summed E-state index contributed by atoms with van der Waals surface area (Å²) < 4.78 is 5.15. The van der Waals surface area contributed by atoms with Crippen LogP contribution in [0.5, 0.6) is 0 Å². The maximum Gasteiger partial charge on any atom is 0.236 e. The molecule has 2 rings (SSSR count). The molecule has 0 bridgehead atoms. The molecule has 1 aliphatic heterocycles. The Balaban J connectivity index is 1.90. The quantitative estimate of drug-likeness (QED) is 0.761. The summed E-state index contributed by atoms with van der Waals surface area (Å²) in [6.07, 6.45) is 2.28. The van der Waals surface area contributed by atoms with Gasteiger partial charge in [0.15, 0.2) is 0 Å². The van der Waals surface area contributed by atoms with Gasteiger partial charge in [0.1, 0.15) is 0 Å². The fraction of sp³-hybridized carbons (Fsp3) is 0.562. The zero-order chi connectivity index (χ0) is 14.2. The second kappa shape index (κ2) is 8.02. The lowest BCUT2D eigenvalue weighted by Crippen LogP contribution is -2.39. The molecule has 0 aliphatic carbocycles. The molecule has 20 heavy (non-hydrogen) atoms. The minimum absolute atomic E-state index is 0.245. The van der Waals surface area contributed by atoms with Crippen molar-refractivity contribution in [2.45, 2.75) is 19.4 Å². The lowest BCUT2D eigenvalue weighted by molar-refractivity contribution is -0.131. The van der Waals surface area contributed by atoms with E-state index >= 15 is 0 Å². The molecule has 1 heterocycles. The molecule has 1 amide bonds. The lowest BCUT2D eigenvalue weighted by Gasteiger charge is -2.24. The Labute approximate surface area is 121 Å². The van der Waals surface area contributed by atoms with Gasteiger partial charge in [0.2, 0.25) is 5.91 Å². The van der Waals surface area contributed by atoms with Gasteiger partial charge in [-0.15, -0.1) is 0 Å². The maximum absolute atomic E-state index is 12.3. The van der Waals surface area contributed by atoms with Crippen LogP contribution in [-0.4, -0.2) is 55.6 Å². The van der Waals surface area contributed by atoms with E-state index in [-0.39, 0.29) is 5.91 Å². The molecule has 110 valence electrons. The maximum atomic E-state index is 12.3. The van der Waals surface area contributed by atoms with Crippen molar-refractivity contribution in [2.75, 3.05) is 39.9 Å². The zero-order valence-corrected chi connectivity index (χ0v) is 12.3. The number of likely N-dealkylation sites (tertiary alicyclic amines) is 1. The molecule has 1 aromatic carbocycles. The minimum atomic E-state index is 0.245. The van der Waals surface area contributed by atoms with E-state index in [2.05, 4.69) is 17.0 Å². The Bertz CT molecular complexity index is 402. The van der Waals surface area contributed by atoms with Gasteiger partial charge in [-0.3, -0.25) is 9.69 Å². The number of ether oxygens (including phenoxy) is 1. The van der Waals surface area contributed by atoms with Gasteiger partial charge >= 0.3 is 0 Å². The molecule has 4 heteroatoms. The van der Waals surface area contributed by atoms with Crippen LogP contribution < -0.4 is 0 Å². The van der Waals surface area contributed by atoms with Crippen molar-refractivity contribution in [1.82, 2.24) is 9.80 Å². The molecule has 1 fully saturated rings. The number of benzene rings is 1. The fourth-order valence-corrected chi connectivity index (χ4v) is 2.53. The molecule has 0 saturated carbocycles. The number of hydrogen-bond acceptors (Lipinski definition) is 3. The van der Waals surface area contributed by atoms with Crippen LogP contribution >= 0.6 is 0 Å². The van der Waals surface area contributed by atoms with Gasteiger partial charge in [-0.25, -0.2) is 0 Å². The molecular formula is C16H24N2O2. The molecule has 1 aliphatic rings. The number of nitrogens with zero attached hydrogens (tertiary/aromatic N) is 2. The van der Waals surface area contributed by atoms with Crippen LogP contribution in [0.2, 0.25) is 0 Å². The van der Waals surface area contributed by atoms with E-state index in [1.165, 1.54) is 5.56 Å². The van der Waals surface area contributed by atoms with Crippen LogP contribution in [0, 0.1) is 0 Å². The third kappa shape index (κ3) is 4.62. The van der Waals surface area contributed by atoms with Gasteiger partial charge in [-0.05, 0) is 18.4 Å². The van der Waals surface area contributed by atoms with Crippen molar-refractivity contribution in [3.63, 3.8) is 0 Å². The van der Waals surface area contributed by atoms with Gasteiger partial charge in [-0.2, -0.15) is 0 Å². The highest BCUT2D eigenvalue weighted by molar-refractivity contribution is 5.78. The molecule has 0 spiro atoms. The van der Waals surface area contributed by atoms with Crippen LogP contribution in [0.3, 0.4) is 0 Å². The predicted molar refractivity (Wildman–Crippen MR) is 79.4 cm³/mol. The molecule has 1 aromatic rings. The second-order valence-electron chi connectivity index (χ2n) is 5.28. The van der Waals surface area contributed by atoms with Crippen LogP contribution in [-0.2, 0) is 16.1 Å². The SMILES string of the molecule is COCCN(CC(=O)N1CCCC1)Cc1ccccc1. The molecule has 0 atom stereocenters. The molecule has 4 nitrogen and oxygen atoms in total. The van der Waals surface area contributed by atoms with E-state index < -0.39 is 0 Å². The first-order valence-electron chi connectivity index (χ1n) is 7.32. The summed E-state index contributed by atoms with van der Waals surface area (Å²) in [6.45, 7) is 4.55. The third-order valence-electron chi connectivity index (χ3n) is 3.68. The van der Waals surface area contributed by atoms with Gasteiger partial charge in [0.05, 0.1) is 13.2 Å². The van der Waals surface area contributed by atoms with Crippen LogP contribution in [0.25, 0.3) is 0 Å². The van der Waals surface area contributed by atoms with Crippen LogP contribution in [0.1, 0.15) is 18.4 Å². The van der Waals surface area contributed by atoms with Crippen molar-refractivity contribution >= 4 is 5.91 Å². The van der Waals surface area contributed by atoms with E-state index in [4.69, 9.17) is 4.74 Å². The first-order valence-corrected chi connectivity index (χ1v) is 7.32. The Morgan fingerprint density at radius 3 is 2.60 bits per heavy atom. The minimum Gasteiger partial charge on any atom is -0.383 e. The highest BCUT2D eigenvalue weighted by Gasteiger charge is 2.20. The summed E-state index contributed by atoms with van der Waals surface area (Å²) >= 11 is 0. The summed E-state index contributed by atoms with van der Waals surface area (Å²) in [6, 6.07) is 10.3. The average molecular weight is 276 g/mol. The Hall–Kier alpha value is -1.39. The largest absolute Gasteiger partial charge is 0.383 e. The standard InChI is InChI=1S/C16H24N2O2/c1-20-12-11-17(13-15-7-3-2-4-8-15)14-16(19)18-9-5-6-10-18/h2-4,7-8H,5-6,9-14H2,1H3. The number of amides is 1. The van der Waals surface area contributed by atoms with Crippen molar-refractivity contribution in [2.24, 2.45) is 0 Å². The monoisotopic (exact) mass is 276 g/mol. The van der Waals surface area contributed by atoms with Crippen LogP contribution in [0.4, 0.5) is 0 Å².